The van der Waals surface area contributed by atoms with Crippen molar-refractivity contribution in [1.82, 2.24) is 29.7 Å². The lowest BCUT2D eigenvalue weighted by Gasteiger charge is -2.09. The lowest BCUT2D eigenvalue weighted by atomic mass is 10.1. The summed E-state index contributed by atoms with van der Waals surface area (Å²) in [6, 6.07) is 14.1. The number of nitrogens with one attached hydrogen (secondary N) is 1. The monoisotopic (exact) mass is 425 g/mol. The van der Waals surface area contributed by atoms with Gasteiger partial charge in [0.1, 0.15) is 5.82 Å². The second kappa shape index (κ2) is 7.81. The van der Waals surface area contributed by atoms with Crippen molar-refractivity contribution in [2.45, 2.75) is 20.8 Å². The van der Waals surface area contributed by atoms with Crippen LogP contribution in [0.1, 0.15) is 17.0 Å². The Kier molecular flexibility index (Phi) is 4.82. The number of hydrogen-bond acceptors (Lipinski definition) is 6. The molecule has 0 radical (unpaired) electrons. The van der Waals surface area contributed by atoms with E-state index in [1.165, 1.54) is 12.1 Å². The molecule has 0 saturated carbocycles. The quantitative estimate of drug-likeness (QED) is 0.432. The fraction of sp³-hybridized carbons (Fsp3) is 0.125. The number of hydrogen-bond donors (Lipinski definition) is 1. The van der Waals surface area contributed by atoms with Gasteiger partial charge in [0.2, 0.25) is 11.9 Å². The van der Waals surface area contributed by atoms with Gasteiger partial charge in [0, 0.05) is 23.3 Å². The Morgan fingerprint density at radius 3 is 2.56 bits per heavy atom. The van der Waals surface area contributed by atoms with Crippen LogP contribution < -0.4 is 5.32 Å². The van der Waals surface area contributed by atoms with E-state index >= 15 is 0 Å². The smallest absolute Gasteiger partial charge is 0.230 e. The van der Waals surface area contributed by atoms with Gasteiger partial charge < -0.3 is 0 Å². The van der Waals surface area contributed by atoms with Crippen molar-refractivity contribution >= 4 is 22.8 Å². The van der Waals surface area contributed by atoms with Gasteiger partial charge in [-0.05, 0) is 50.6 Å². The largest absolute Gasteiger partial charge is 0.293 e. The number of rotatable bonds is 4. The van der Waals surface area contributed by atoms with Gasteiger partial charge in [-0.2, -0.15) is 5.10 Å². The van der Waals surface area contributed by atoms with Crippen LogP contribution in [0.2, 0.25) is 0 Å². The van der Waals surface area contributed by atoms with E-state index in [0.29, 0.717) is 23.3 Å². The SMILES string of the molecule is Cc1nn(-c2cccc(F)c2)cc1-c1ccnc(Nc2nc(C)c3cccc(C)c3n2)n1. The summed E-state index contributed by atoms with van der Waals surface area (Å²) in [6.45, 7) is 5.86. The Morgan fingerprint density at radius 2 is 1.72 bits per heavy atom. The van der Waals surface area contributed by atoms with E-state index in [4.69, 9.17) is 0 Å². The van der Waals surface area contributed by atoms with Crippen molar-refractivity contribution in [2.75, 3.05) is 5.32 Å². The van der Waals surface area contributed by atoms with E-state index in [2.05, 4.69) is 30.4 Å². The molecule has 0 unspecified atom stereocenters. The predicted molar refractivity (Wildman–Crippen MR) is 122 cm³/mol. The molecule has 0 amide bonds. The molecule has 2 aromatic carbocycles. The van der Waals surface area contributed by atoms with Crippen LogP contribution in [0.25, 0.3) is 27.8 Å². The molecular weight excluding hydrogens is 405 g/mol. The molecule has 0 bridgehead atoms. The molecule has 0 spiro atoms. The fourth-order valence-electron chi connectivity index (χ4n) is 3.64. The third-order valence-electron chi connectivity index (χ3n) is 5.25. The number of halogens is 1. The topological polar surface area (TPSA) is 81.4 Å². The first-order valence-electron chi connectivity index (χ1n) is 10.1. The molecule has 5 aromatic rings. The third kappa shape index (κ3) is 3.66. The highest BCUT2D eigenvalue weighted by Gasteiger charge is 2.13. The Bertz CT molecular complexity index is 1460. The molecule has 158 valence electrons. The van der Waals surface area contributed by atoms with Crippen LogP contribution in [0.4, 0.5) is 16.3 Å². The normalized spacial score (nSPS) is 11.1. The fourth-order valence-corrected chi connectivity index (χ4v) is 3.64. The molecule has 0 saturated heterocycles. The summed E-state index contributed by atoms with van der Waals surface area (Å²) in [4.78, 5) is 18.1. The van der Waals surface area contributed by atoms with Gasteiger partial charge in [-0.1, -0.05) is 24.3 Å². The average molecular weight is 425 g/mol. The third-order valence-corrected chi connectivity index (χ3v) is 5.25. The Labute approximate surface area is 184 Å². The second-order valence-corrected chi connectivity index (χ2v) is 7.55. The number of para-hydroxylation sites is 1. The zero-order valence-electron chi connectivity index (χ0n) is 17.8. The number of aromatic nitrogens is 6. The maximum atomic E-state index is 13.6. The standard InChI is InChI=1S/C24H20FN7/c1-14-6-4-9-19-15(2)27-24(29-22(14)19)30-23-26-11-10-21(28-23)20-13-32(31-16(20)3)18-8-5-7-17(25)12-18/h4-13H,1-3H3,(H,26,27,28,29,30). The predicted octanol–water partition coefficient (Wildman–Crippen LogP) is 5.08. The molecule has 0 fully saturated rings. The molecule has 0 aliphatic carbocycles. The van der Waals surface area contributed by atoms with Crippen molar-refractivity contribution in [3.63, 3.8) is 0 Å². The summed E-state index contributed by atoms with van der Waals surface area (Å²) >= 11 is 0. The zero-order chi connectivity index (χ0) is 22.2. The minimum absolute atomic E-state index is 0.313. The maximum absolute atomic E-state index is 13.6. The van der Waals surface area contributed by atoms with Crippen molar-refractivity contribution in [3.05, 3.63) is 83.7 Å². The molecule has 5 rings (SSSR count). The minimum Gasteiger partial charge on any atom is -0.293 e. The maximum Gasteiger partial charge on any atom is 0.230 e. The molecule has 0 aliphatic rings. The lowest BCUT2D eigenvalue weighted by molar-refractivity contribution is 0.625. The molecule has 0 atom stereocenters. The number of anilines is 2. The Hall–Kier alpha value is -4.20. The van der Waals surface area contributed by atoms with E-state index in [9.17, 15) is 4.39 Å². The van der Waals surface area contributed by atoms with Gasteiger partial charge in [-0.25, -0.2) is 29.0 Å². The molecule has 32 heavy (non-hydrogen) atoms. The zero-order valence-corrected chi connectivity index (χ0v) is 17.8. The van der Waals surface area contributed by atoms with Gasteiger partial charge in [-0.15, -0.1) is 0 Å². The number of nitrogens with zero attached hydrogens (tertiary/aromatic N) is 6. The summed E-state index contributed by atoms with van der Waals surface area (Å²) < 4.78 is 15.3. The molecule has 0 aliphatic heterocycles. The average Bonchev–Trinajstić information content (AvgIpc) is 3.17. The summed E-state index contributed by atoms with van der Waals surface area (Å²) in [7, 11) is 0. The molecular formula is C24H20FN7. The first kappa shape index (κ1) is 19.7. The van der Waals surface area contributed by atoms with E-state index in [0.717, 1.165) is 33.4 Å². The van der Waals surface area contributed by atoms with Gasteiger partial charge >= 0.3 is 0 Å². The highest BCUT2D eigenvalue weighted by molar-refractivity contribution is 5.84. The minimum atomic E-state index is -0.313. The van der Waals surface area contributed by atoms with Crippen molar-refractivity contribution in [3.8, 4) is 16.9 Å². The van der Waals surface area contributed by atoms with Gasteiger partial charge in [0.05, 0.1) is 28.3 Å². The highest BCUT2D eigenvalue weighted by Crippen LogP contribution is 2.25. The molecule has 3 heterocycles. The second-order valence-electron chi connectivity index (χ2n) is 7.55. The van der Waals surface area contributed by atoms with Crippen molar-refractivity contribution in [1.29, 1.82) is 0 Å². The van der Waals surface area contributed by atoms with Crippen LogP contribution in [-0.4, -0.2) is 29.7 Å². The Morgan fingerprint density at radius 1 is 0.875 bits per heavy atom. The van der Waals surface area contributed by atoms with Crippen LogP contribution in [0.3, 0.4) is 0 Å². The molecule has 7 nitrogen and oxygen atoms in total. The highest BCUT2D eigenvalue weighted by atomic mass is 19.1. The summed E-state index contributed by atoms with van der Waals surface area (Å²) in [6.07, 6.45) is 3.50. The number of benzene rings is 2. The first-order chi connectivity index (χ1) is 15.5. The van der Waals surface area contributed by atoms with Crippen molar-refractivity contribution in [2.24, 2.45) is 0 Å². The lowest BCUT2D eigenvalue weighted by Crippen LogP contribution is -2.04. The first-order valence-corrected chi connectivity index (χ1v) is 10.1. The van der Waals surface area contributed by atoms with E-state index in [1.54, 1.807) is 23.0 Å². The van der Waals surface area contributed by atoms with Gasteiger partial charge in [0.15, 0.2) is 0 Å². The van der Waals surface area contributed by atoms with Crippen molar-refractivity contribution < 1.29 is 4.39 Å². The molecule has 3 aromatic heterocycles. The van der Waals surface area contributed by atoms with Gasteiger partial charge in [0.25, 0.3) is 0 Å². The van der Waals surface area contributed by atoms with Gasteiger partial charge in [-0.3, -0.25) is 5.32 Å². The molecule has 8 heteroatoms. The van der Waals surface area contributed by atoms with E-state index < -0.39 is 0 Å². The molecule has 1 N–H and O–H groups in total. The summed E-state index contributed by atoms with van der Waals surface area (Å²) in [5.74, 6) is 0.507. The van der Waals surface area contributed by atoms with Crippen LogP contribution in [0.15, 0.2) is 60.9 Å². The van der Waals surface area contributed by atoms with Crippen LogP contribution in [-0.2, 0) is 0 Å². The van der Waals surface area contributed by atoms with Crippen LogP contribution in [0.5, 0.6) is 0 Å². The van der Waals surface area contributed by atoms with E-state index in [-0.39, 0.29) is 5.82 Å². The number of fused-ring (bicyclic) bond motifs is 1. The summed E-state index contributed by atoms with van der Waals surface area (Å²) in [5.41, 5.74) is 5.78. The number of aryl methyl sites for hydroxylation is 3. The summed E-state index contributed by atoms with van der Waals surface area (Å²) in [5, 5.41) is 8.65. The van der Waals surface area contributed by atoms with E-state index in [1.807, 2.05) is 51.2 Å². The van der Waals surface area contributed by atoms with Crippen LogP contribution in [0, 0.1) is 26.6 Å². The Balaban J connectivity index is 1.48. The van der Waals surface area contributed by atoms with Crippen LogP contribution >= 0.6 is 0 Å².